The molecule has 0 saturated heterocycles. The SMILES string of the molecule is CC1=CC(Cl)CC=C1CN(C)CCCN(C)C. The molecule has 0 bridgehead atoms. The average molecular weight is 257 g/mol. The van der Waals surface area contributed by atoms with Crippen LogP contribution in [0.4, 0.5) is 0 Å². The van der Waals surface area contributed by atoms with E-state index in [9.17, 15) is 0 Å². The molecule has 17 heavy (non-hydrogen) atoms. The van der Waals surface area contributed by atoms with Crippen molar-refractivity contribution >= 4 is 11.6 Å². The molecule has 1 aliphatic rings. The van der Waals surface area contributed by atoms with E-state index in [1.807, 2.05) is 0 Å². The molecule has 1 rings (SSSR count). The topological polar surface area (TPSA) is 6.48 Å². The molecule has 0 aromatic carbocycles. The fourth-order valence-corrected chi connectivity index (χ4v) is 2.36. The molecule has 98 valence electrons. The molecule has 2 nitrogen and oxygen atoms in total. The lowest BCUT2D eigenvalue weighted by Gasteiger charge is -2.23. The molecule has 0 heterocycles. The Balaban J connectivity index is 2.31. The molecular formula is C14H25ClN2. The van der Waals surface area contributed by atoms with E-state index in [1.54, 1.807) is 0 Å². The Morgan fingerprint density at radius 2 is 2.00 bits per heavy atom. The Morgan fingerprint density at radius 1 is 1.29 bits per heavy atom. The molecule has 0 fully saturated rings. The molecule has 1 unspecified atom stereocenters. The van der Waals surface area contributed by atoms with Gasteiger partial charge in [0, 0.05) is 6.54 Å². The van der Waals surface area contributed by atoms with E-state index >= 15 is 0 Å². The van der Waals surface area contributed by atoms with Crippen molar-refractivity contribution < 1.29 is 0 Å². The lowest BCUT2D eigenvalue weighted by molar-refractivity contribution is 0.318. The van der Waals surface area contributed by atoms with Crippen molar-refractivity contribution in [1.82, 2.24) is 9.80 Å². The molecule has 0 saturated carbocycles. The summed E-state index contributed by atoms with van der Waals surface area (Å²) in [4.78, 5) is 4.62. The van der Waals surface area contributed by atoms with Crippen molar-refractivity contribution in [2.24, 2.45) is 0 Å². The van der Waals surface area contributed by atoms with E-state index < -0.39 is 0 Å². The van der Waals surface area contributed by atoms with Gasteiger partial charge in [0.1, 0.15) is 0 Å². The predicted octanol–water partition coefficient (Wildman–Crippen LogP) is 2.75. The third kappa shape index (κ3) is 5.71. The number of nitrogens with zero attached hydrogens (tertiary/aromatic N) is 2. The maximum absolute atomic E-state index is 6.09. The normalized spacial score (nSPS) is 20.8. The van der Waals surface area contributed by atoms with Gasteiger partial charge in [-0.2, -0.15) is 0 Å². The third-order valence-electron chi connectivity index (χ3n) is 3.11. The van der Waals surface area contributed by atoms with Gasteiger partial charge < -0.3 is 9.80 Å². The molecule has 3 heteroatoms. The number of likely N-dealkylation sites (N-methyl/N-ethyl adjacent to an activating group) is 1. The largest absolute Gasteiger partial charge is 0.309 e. The lowest BCUT2D eigenvalue weighted by Crippen LogP contribution is -2.26. The highest BCUT2D eigenvalue weighted by molar-refractivity contribution is 6.22. The maximum Gasteiger partial charge on any atom is 0.0556 e. The molecule has 0 spiro atoms. The summed E-state index contributed by atoms with van der Waals surface area (Å²) in [5.41, 5.74) is 2.78. The van der Waals surface area contributed by atoms with Crippen molar-refractivity contribution in [3.05, 3.63) is 23.3 Å². The summed E-state index contributed by atoms with van der Waals surface area (Å²) < 4.78 is 0. The van der Waals surface area contributed by atoms with Gasteiger partial charge in [-0.3, -0.25) is 0 Å². The van der Waals surface area contributed by atoms with Crippen LogP contribution >= 0.6 is 11.6 Å². The first-order valence-corrected chi connectivity index (χ1v) is 6.78. The van der Waals surface area contributed by atoms with Crippen LogP contribution in [0.15, 0.2) is 23.3 Å². The minimum absolute atomic E-state index is 0.192. The average Bonchev–Trinajstić information content (AvgIpc) is 2.21. The molecule has 0 aromatic heterocycles. The van der Waals surface area contributed by atoms with Crippen LogP contribution < -0.4 is 0 Å². The number of halogens is 1. The zero-order valence-corrected chi connectivity index (χ0v) is 12.3. The minimum Gasteiger partial charge on any atom is -0.309 e. The van der Waals surface area contributed by atoms with Crippen molar-refractivity contribution in [3.63, 3.8) is 0 Å². The van der Waals surface area contributed by atoms with Gasteiger partial charge in [0.2, 0.25) is 0 Å². The van der Waals surface area contributed by atoms with Crippen LogP contribution in [0, 0.1) is 0 Å². The Labute approximate surface area is 111 Å². The van der Waals surface area contributed by atoms with Crippen LogP contribution in [0.5, 0.6) is 0 Å². The number of hydrogen-bond acceptors (Lipinski definition) is 2. The van der Waals surface area contributed by atoms with Crippen LogP contribution in [0.25, 0.3) is 0 Å². The number of alkyl halides is 1. The highest BCUT2D eigenvalue weighted by atomic mass is 35.5. The molecule has 0 aliphatic heterocycles. The summed E-state index contributed by atoms with van der Waals surface area (Å²) >= 11 is 6.09. The smallest absolute Gasteiger partial charge is 0.0556 e. The molecule has 1 aliphatic carbocycles. The second-order valence-corrected chi connectivity index (χ2v) is 5.79. The Hall–Kier alpha value is -0.310. The summed E-state index contributed by atoms with van der Waals surface area (Å²) in [5, 5.41) is 0.192. The molecule has 0 aromatic rings. The molecule has 0 radical (unpaired) electrons. The van der Waals surface area contributed by atoms with Gasteiger partial charge >= 0.3 is 0 Å². The highest BCUT2D eigenvalue weighted by Crippen LogP contribution is 2.22. The highest BCUT2D eigenvalue weighted by Gasteiger charge is 2.12. The molecule has 0 amide bonds. The second kappa shape index (κ2) is 7.20. The van der Waals surface area contributed by atoms with Crippen LogP contribution in [-0.2, 0) is 0 Å². The zero-order valence-electron chi connectivity index (χ0n) is 11.5. The molecule has 1 atom stereocenters. The van der Waals surface area contributed by atoms with Crippen molar-refractivity contribution in [2.75, 3.05) is 40.8 Å². The van der Waals surface area contributed by atoms with Gasteiger partial charge in [0.15, 0.2) is 0 Å². The van der Waals surface area contributed by atoms with E-state index in [0.29, 0.717) is 0 Å². The Bertz CT molecular complexity index is 295. The summed E-state index contributed by atoms with van der Waals surface area (Å²) in [5.74, 6) is 0. The summed E-state index contributed by atoms with van der Waals surface area (Å²) in [6.45, 7) is 5.50. The summed E-state index contributed by atoms with van der Waals surface area (Å²) in [7, 11) is 6.44. The molecule has 0 N–H and O–H groups in total. The standard InChI is InChI=1S/C14H25ClN2/c1-12-10-14(15)7-6-13(12)11-17(4)9-5-8-16(2)3/h6,10,14H,5,7-9,11H2,1-4H3. The maximum atomic E-state index is 6.09. The number of hydrogen-bond donors (Lipinski definition) is 0. The number of rotatable bonds is 6. The quantitative estimate of drug-likeness (QED) is 0.675. The van der Waals surface area contributed by atoms with Crippen LogP contribution in [-0.4, -0.2) is 56.0 Å². The van der Waals surface area contributed by atoms with Gasteiger partial charge in [-0.05, 0) is 65.1 Å². The van der Waals surface area contributed by atoms with Crippen LogP contribution in [0.3, 0.4) is 0 Å². The van der Waals surface area contributed by atoms with Gasteiger partial charge in [-0.25, -0.2) is 0 Å². The van der Waals surface area contributed by atoms with Gasteiger partial charge in [-0.15, -0.1) is 11.6 Å². The van der Waals surface area contributed by atoms with E-state index in [1.165, 1.54) is 17.6 Å². The van der Waals surface area contributed by atoms with Gasteiger partial charge in [0.25, 0.3) is 0 Å². The third-order valence-corrected chi connectivity index (χ3v) is 3.42. The monoisotopic (exact) mass is 256 g/mol. The van der Waals surface area contributed by atoms with Crippen molar-refractivity contribution in [1.29, 1.82) is 0 Å². The summed E-state index contributed by atoms with van der Waals surface area (Å²) in [6, 6.07) is 0. The Morgan fingerprint density at radius 3 is 2.59 bits per heavy atom. The molecular weight excluding hydrogens is 232 g/mol. The second-order valence-electron chi connectivity index (χ2n) is 5.23. The zero-order chi connectivity index (χ0) is 12.8. The minimum atomic E-state index is 0.192. The fraction of sp³-hybridized carbons (Fsp3) is 0.714. The fourth-order valence-electron chi connectivity index (χ4n) is 2.08. The van der Waals surface area contributed by atoms with Crippen LogP contribution in [0.1, 0.15) is 19.8 Å². The van der Waals surface area contributed by atoms with E-state index in [2.05, 4.69) is 50.0 Å². The van der Waals surface area contributed by atoms with E-state index in [4.69, 9.17) is 11.6 Å². The first-order valence-electron chi connectivity index (χ1n) is 6.34. The van der Waals surface area contributed by atoms with Gasteiger partial charge in [0.05, 0.1) is 5.38 Å². The van der Waals surface area contributed by atoms with Crippen molar-refractivity contribution in [3.8, 4) is 0 Å². The van der Waals surface area contributed by atoms with Crippen LogP contribution in [0.2, 0.25) is 0 Å². The van der Waals surface area contributed by atoms with E-state index in [0.717, 1.165) is 26.1 Å². The lowest BCUT2D eigenvalue weighted by atomic mass is 9.98. The first-order chi connectivity index (χ1) is 7.99. The van der Waals surface area contributed by atoms with Gasteiger partial charge in [-0.1, -0.05) is 12.2 Å². The predicted molar refractivity (Wildman–Crippen MR) is 76.8 cm³/mol. The first kappa shape index (κ1) is 14.7. The summed E-state index contributed by atoms with van der Waals surface area (Å²) in [6.07, 6.45) is 6.65. The van der Waals surface area contributed by atoms with Crippen molar-refractivity contribution in [2.45, 2.75) is 25.1 Å². The Kier molecular flexibility index (Phi) is 6.24. The number of allylic oxidation sites excluding steroid dienone is 2. The van der Waals surface area contributed by atoms with E-state index in [-0.39, 0.29) is 5.38 Å².